The third-order valence-electron chi connectivity index (χ3n) is 7.54. The van der Waals surface area contributed by atoms with E-state index < -0.39 is 55.0 Å². The van der Waals surface area contributed by atoms with Crippen molar-refractivity contribution >= 4 is 40.4 Å². The van der Waals surface area contributed by atoms with Crippen molar-refractivity contribution < 1.29 is 32.7 Å². The summed E-state index contributed by atoms with van der Waals surface area (Å²) in [4.78, 5) is 55.5. The number of carbonyl (C=O) groups is 4. The van der Waals surface area contributed by atoms with Gasteiger partial charge in [0, 0.05) is 36.2 Å². The Kier molecular flexibility index (Phi) is 9.47. The highest BCUT2D eigenvalue weighted by Gasteiger charge is 2.47. The number of rotatable bonds is 7. The average Bonchev–Trinajstić information content (AvgIpc) is 3.28. The number of pyridine rings is 1. The molecule has 1 aromatic carbocycles. The first kappa shape index (κ1) is 31.6. The van der Waals surface area contributed by atoms with E-state index in [0.717, 1.165) is 17.7 Å². The van der Waals surface area contributed by atoms with E-state index in [1.807, 2.05) is 0 Å². The molecule has 3 N–H and O–H groups in total. The fraction of sp³-hybridized carbons (Fsp3) is 0.533. The van der Waals surface area contributed by atoms with E-state index in [4.69, 9.17) is 10.00 Å². The molecule has 1 saturated heterocycles. The minimum atomic E-state index is -3.15. The Hall–Kier alpha value is -4.34. The zero-order chi connectivity index (χ0) is 31.4. The highest BCUT2D eigenvalue weighted by Crippen LogP contribution is 2.32. The smallest absolute Gasteiger partial charge is 0.407 e. The molecule has 0 spiro atoms. The number of hydrogen-bond acceptors (Lipinski definition) is 7. The maximum absolute atomic E-state index is 13.7. The van der Waals surface area contributed by atoms with E-state index in [-0.39, 0.29) is 23.3 Å². The fourth-order valence-electron chi connectivity index (χ4n) is 5.38. The number of nitrogens with zero attached hydrogens (tertiary/aromatic N) is 3. The van der Waals surface area contributed by atoms with Gasteiger partial charge in [-0.2, -0.15) is 5.26 Å². The maximum Gasteiger partial charge on any atom is 0.407 e. The quantitative estimate of drug-likeness (QED) is 0.436. The van der Waals surface area contributed by atoms with Crippen LogP contribution in [0.3, 0.4) is 0 Å². The van der Waals surface area contributed by atoms with Crippen molar-refractivity contribution in [1.82, 2.24) is 20.5 Å². The van der Waals surface area contributed by atoms with Gasteiger partial charge in [-0.1, -0.05) is 0 Å². The van der Waals surface area contributed by atoms with Gasteiger partial charge in [0.25, 0.3) is 11.8 Å². The predicted molar refractivity (Wildman–Crippen MR) is 153 cm³/mol. The second-order valence-electron chi connectivity index (χ2n) is 12.1. The van der Waals surface area contributed by atoms with Crippen LogP contribution in [0.4, 0.5) is 19.3 Å². The minimum Gasteiger partial charge on any atom is -0.444 e. The van der Waals surface area contributed by atoms with Gasteiger partial charge in [-0.15, -0.1) is 0 Å². The Balaban J connectivity index is 1.33. The van der Waals surface area contributed by atoms with Gasteiger partial charge in [0.15, 0.2) is 0 Å². The van der Waals surface area contributed by atoms with Crippen LogP contribution in [0.25, 0.3) is 10.9 Å². The largest absolute Gasteiger partial charge is 0.444 e. The molecule has 230 valence electrons. The molecule has 11 nitrogen and oxygen atoms in total. The molecule has 2 aromatic rings. The van der Waals surface area contributed by atoms with Crippen LogP contribution in [0.2, 0.25) is 0 Å². The normalized spacial score (nSPS) is 21.5. The number of carbonyl (C=O) groups excluding carboxylic acids is 4. The van der Waals surface area contributed by atoms with Gasteiger partial charge in [-0.3, -0.25) is 19.4 Å². The summed E-state index contributed by atoms with van der Waals surface area (Å²) in [5.41, 5.74) is 0.580. The first-order chi connectivity index (χ1) is 20.2. The van der Waals surface area contributed by atoms with Gasteiger partial charge in [0.1, 0.15) is 11.6 Å². The van der Waals surface area contributed by atoms with E-state index in [1.165, 1.54) is 12.3 Å². The Morgan fingerprint density at radius 1 is 1.12 bits per heavy atom. The molecule has 1 aromatic heterocycles. The van der Waals surface area contributed by atoms with Gasteiger partial charge >= 0.3 is 6.09 Å². The number of ether oxygens (including phenoxy) is 1. The Morgan fingerprint density at radius 2 is 1.84 bits per heavy atom. The molecule has 0 radical (unpaired) electrons. The first-order valence-corrected chi connectivity index (χ1v) is 14.3. The van der Waals surface area contributed by atoms with Crippen molar-refractivity contribution in [3.63, 3.8) is 0 Å². The van der Waals surface area contributed by atoms with Crippen LogP contribution >= 0.6 is 0 Å². The van der Waals surface area contributed by atoms with Crippen LogP contribution in [0, 0.1) is 23.2 Å². The SMILES string of the molecule is CC(C)(C)OC(=O)NCC1CCC(C(=O)Nc2ccc3nccc(C(=O)NCC(=O)N4CC(F)(F)C[C@H]4C#N)c3c2)CC1. The molecule has 1 aliphatic carbocycles. The standard InChI is InChI=1S/C30H36F2N6O5/c1-29(2,3)43-28(42)36-15-18-4-6-19(7-5-18)26(40)37-20-8-9-24-23(12-20)22(10-11-34-24)27(41)35-16-25(39)38-17-30(31,32)13-21(38)14-33/h8-12,18-19,21H,4-7,13,15-17H2,1-3H3,(H,35,41)(H,36,42)(H,37,40)/t18?,19?,21-/m0/s1. The molecule has 2 heterocycles. The summed E-state index contributed by atoms with van der Waals surface area (Å²) in [6.07, 6.45) is 3.13. The summed E-state index contributed by atoms with van der Waals surface area (Å²) in [5.74, 6) is -4.65. The maximum atomic E-state index is 13.7. The number of alkyl halides is 2. The Bertz CT molecular complexity index is 1430. The highest BCUT2D eigenvalue weighted by atomic mass is 19.3. The van der Waals surface area contributed by atoms with Gasteiger partial charge in [-0.05, 0) is 76.6 Å². The number of alkyl carbamates (subject to hydrolysis) is 1. The van der Waals surface area contributed by atoms with E-state index in [1.54, 1.807) is 45.0 Å². The van der Waals surface area contributed by atoms with Crippen LogP contribution < -0.4 is 16.0 Å². The topological polar surface area (TPSA) is 154 Å². The molecule has 2 aliphatic rings. The van der Waals surface area contributed by atoms with Crippen LogP contribution in [-0.2, 0) is 14.3 Å². The lowest BCUT2D eigenvalue weighted by molar-refractivity contribution is -0.131. The van der Waals surface area contributed by atoms with Crippen LogP contribution in [0.15, 0.2) is 30.5 Å². The number of halogens is 2. The first-order valence-electron chi connectivity index (χ1n) is 14.3. The third kappa shape index (κ3) is 8.37. The van der Waals surface area contributed by atoms with E-state index in [2.05, 4.69) is 20.9 Å². The molecule has 1 saturated carbocycles. The molecule has 43 heavy (non-hydrogen) atoms. The number of benzene rings is 1. The van der Waals surface area contributed by atoms with E-state index >= 15 is 0 Å². The van der Waals surface area contributed by atoms with Crippen molar-refractivity contribution in [2.45, 2.75) is 70.4 Å². The number of aromatic nitrogens is 1. The molecule has 4 rings (SSSR count). The summed E-state index contributed by atoms with van der Waals surface area (Å²) < 4.78 is 32.7. The minimum absolute atomic E-state index is 0.146. The summed E-state index contributed by atoms with van der Waals surface area (Å²) in [5, 5.41) is 17.7. The van der Waals surface area contributed by atoms with Gasteiger partial charge in [-0.25, -0.2) is 13.6 Å². The Morgan fingerprint density at radius 3 is 2.51 bits per heavy atom. The predicted octanol–water partition coefficient (Wildman–Crippen LogP) is 3.99. The van der Waals surface area contributed by atoms with Crippen LogP contribution in [-0.4, -0.2) is 70.9 Å². The molecule has 0 bridgehead atoms. The zero-order valence-electron chi connectivity index (χ0n) is 24.4. The van der Waals surface area contributed by atoms with Crippen molar-refractivity contribution in [3.8, 4) is 6.07 Å². The lowest BCUT2D eigenvalue weighted by Gasteiger charge is -2.28. The monoisotopic (exact) mass is 598 g/mol. The fourth-order valence-corrected chi connectivity index (χ4v) is 5.38. The van der Waals surface area contributed by atoms with Crippen molar-refractivity contribution in [2.24, 2.45) is 11.8 Å². The van der Waals surface area contributed by atoms with Gasteiger partial charge < -0.3 is 25.6 Å². The Labute approximate surface area is 248 Å². The van der Waals surface area contributed by atoms with Crippen molar-refractivity contribution in [1.29, 1.82) is 5.26 Å². The number of fused-ring (bicyclic) bond motifs is 1. The number of nitrogens with one attached hydrogen (secondary N) is 3. The molecule has 13 heteroatoms. The number of nitriles is 1. The van der Waals surface area contributed by atoms with Gasteiger partial charge in [0.2, 0.25) is 11.8 Å². The lowest BCUT2D eigenvalue weighted by atomic mass is 9.81. The van der Waals surface area contributed by atoms with Crippen LogP contribution in [0.5, 0.6) is 0 Å². The van der Waals surface area contributed by atoms with E-state index in [0.29, 0.717) is 36.0 Å². The van der Waals surface area contributed by atoms with Crippen LogP contribution in [0.1, 0.15) is 63.2 Å². The summed E-state index contributed by atoms with van der Waals surface area (Å²) in [6, 6.07) is 6.89. The number of amides is 4. The molecule has 1 aliphatic heterocycles. The van der Waals surface area contributed by atoms with E-state index in [9.17, 15) is 28.0 Å². The molecule has 1 atom stereocenters. The number of anilines is 1. The lowest BCUT2D eigenvalue weighted by Crippen LogP contribution is -2.43. The molecule has 4 amide bonds. The number of hydrogen-bond donors (Lipinski definition) is 3. The molecule has 2 fully saturated rings. The second kappa shape index (κ2) is 12.9. The molecular formula is C30H36F2N6O5. The summed E-state index contributed by atoms with van der Waals surface area (Å²) in [7, 11) is 0. The zero-order valence-corrected chi connectivity index (χ0v) is 24.4. The third-order valence-corrected chi connectivity index (χ3v) is 7.54. The summed E-state index contributed by atoms with van der Waals surface area (Å²) in [6.45, 7) is 4.47. The molecular weight excluding hydrogens is 562 g/mol. The summed E-state index contributed by atoms with van der Waals surface area (Å²) >= 11 is 0. The van der Waals surface area contributed by atoms with Crippen molar-refractivity contribution in [3.05, 3.63) is 36.0 Å². The number of likely N-dealkylation sites (tertiary alicyclic amines) is 1. The highest BCUT2D eigenvalue weighted by molar-refractivity contribution is 6.08. The second-order valence-corrected chi connectivity index (χ2v) is 12.1. The average molecular weight is 599 g/mol. The van der Waals surface area contributed by atoms with Gasteiger partial charge in [0.05, 0.1) is 30.2 Å². The van der Waals surface area contributed by atoms with Crippen molar-refractivity contribution in [2.75, 3.05) is 25.0 Å². The molecule has 0 unspecified atom stereocenters.